The smallest absolute Gasteiger partial charge is 0.164 e. The summed E-state index contributed by atoms with van der Waals surface area (Å²) in [6.45, 7) is 2.61. The molecule has 16 heavy (non-hydrogen) atoms. The quantitative estimate of drug-likeness (QED) is 0.727. The van der Waals surface area contributed by atoms with Crippen LogP contribution in [0.1, 0.15) is 17.5 Å². The van der Waals surface area contributed by atoms with E-state index in [-0.39, 0.29) is 11.1 Å². The highest BCUT2D eigenvalue weighted by atomic mass is 19.2. The van der Waals surface area contributed by atoms with E-state index in [0.717, 1.165) is 18.2 Å². The molecule has 0 saturated carbocycles. The molecule has 1 N–H and O–H groups in total. The maximum absolute atomic E-state index is 13.8. The summed E-state index contributed by atoms with van der Waals surface area (Å²) in [7, 11) is 0. The molecule has 0 atom stereocenters. The van der Waals surface area contributed by atoms with Gasteiger partial charge in [0.2, 0.25) is 0 Å². The van der Waals surface area contributed by atoms with Crippen molar-refractivity contribution < 1.29 is 13.2 Å². The lowest BCUT2D eigenvalue weighted by Crippen LogP contribution is -2.20. The first-order valence-electron chi connectivity index (χ1n) is 5.15. The largest absolute Gasteiger partial charge is 0.313 e. The van der Waals surface area contributed by atoms with E-state index in [2.05, 4.69) is 5.32 Å². The molecule has 1 nitrogen and oxygen atoms in total. The van der Waals surface area contributed by atoms with Crippen LogP contribution in [0.3, 0.4) is 0 Å². The third kappa shape index (κ3) is 1.85. The van der Waals surface area contributed by atoms with Crippen LogP contribution in [0, 0.1) is 24.4 Å². The second kappa shape index (κ2) is 4.29. The van der Waals surface area contributed by atoms with Crippen molar-refractivity contribution in [3.63, 3.8) is 0 Å². The number of nitrogens with one attached hydrogen (secondary N) is 1. The summed E-state index contributed by atoms with van der Waals surface area (Å²) in [5, 5.41) is 3.08. The van der Waals surface area contributed by atoms with E-state index < -0.39 is 17.5 Å². The summed E-state index contributed by atoms with van der Waals surface area (Å²) in [6, 6.07) is 0.939. The van der Waals surface area contributed by atoms with Crippen molar-refractivity contribution in [2.45, 2.75) is 13.3 Å². The van der Waals surface area contributed by atoms with E-state index in [0.29, 0.717) is 13.0 Å². The second-order valence-corrected chi connectivity index (χ2v) is 3.84. The van der Waals surface area contributed by atoms with Gasteiger partial charge >= 0.3 is 0 Å². The molecule has 0 saturated heterocycles. The molecule has 0 spiro atoms. The molecule has 1 heterocycles. The molecule has 0 amide bonds. The highest BCUT2D eigenvalue weighted by Gasteiger charge is 2.18. The summed E-state index contributed by atoms with van der Waals surface area (Å²) in [5.41, 5.74) is 0.658. The van der Waals surface area contributed by atoms with Crippen molar-refractivity contribution in [1.82, 2.24) is 5.32 Å². The van der Waals surface area contributed by atoms with E-state index in [4.69, 9.17) is 0 Å². The fourth-order valence-corrected chi connectivity index (χ4v) is 1.83. The van der Waals surface area contributed by atoms with Crippen LogP contribution in [0.2, 0.25) is 0 Å². The first-order valence-corrected chi connectivity index (χ1v) is 5.15. The topological polar surface area (TPSA) is 12.0 Å². The first kappa shape index (κ1) is 11.2. The third-order valence-corrected chi connectivity index (χ3v) is 2.79. The fourth-order valence-electron chi connectivity index (χ4n) is 1.83. The molecule has 4 heteroatoms. The molecule has 2 rings (SSSR count). The monoisotopic (exact) mass is 227 g/mol. The number of rotatable bonds is 1. The van der Waals surface area contributed by atoms with Gasteiger partial charge in [-0.2, -0.15) is 0 Å². The number of hydrogen-bond donors (Lipinski definition) is 1. The zero-order valence-corrected chi connectivity index (χ0v) is 8.91. The van der Waals surface area contributed by atoms with E-state index in [1.807, 2.05) is 0 Å². The van der Waals surface area contributed by atoms with Gasteiger partial charge in [0.1, 0.15) is 5.82 Å². The van der Waals surface area contributed by atoms with Gasteiger partial charge in [0, 0.05) is 17.7 Å². The molecule has 0 bridgehead atoms. The molecule has 1 aliphatic rings. The van der Waals surface area contributed by atoms with Crippen molar-refractivity contribution in [3.05, 3.63) is 40.7 Å². The molecule has 0 radical (unpaired) electrons. The van der Waals surface area contributed by atoms with E-state index in [1.54, 1.807) is 6.08 Å². The minimum atomic E-state index is -1.10. The van der Waals surface area contributed by atoms with Gasteiger partial charge in [-0.15, -0.1) is 0 Å². The second-order valence-electron chi connectivity index (χ2n) is 3.84. The predicted molar refractivity (Wildman–Crippen MR) is 56.5 cm³/mol. The zero-order valence-electron chi connectivity index (χ0n) is 8.91. The van der Waals surface area contributed by atoms with Gasteiger partial charge in [-0.25, -0.2) is 13.2 Å². The van der Waals surface area contributed by atoms with Gasteiger partial charge < -0.3 is 5.32 Å². The Morgan fingerprint density at radius 1 is 1.19 bits per heavy atom. The van der Waals surface area contributed by atoms with Gasteiger partial charge in [0.25, 0.3) is 0 Å². The minimum absolute atomic E-state index is 0.179. The van der Waals surface area contributed by atoms with Crippen LogP contribution in [0.15, 0.2) is 12.1 Å². The van der Waals surface area contributed by atoms with Crippen molar-refractivity contribution in [2.75, 3.05) is 13.1 Å². The fraction of sp³-hybridized carbons (Fsp3) is 0.333. The summed E-state index contributed by atoms with van der Waals surface area (Å²) in [4.78, 5) is 0. The molecule has 1 aromatic carbocycles. The molecule has 0 unspecified atom stereocenters. The van der Waals surface area contributed by atoms with Crippen molar-refractivity contribution in [2.24, 2.45) is 0 Å². The van der Waals surface area contributed by atoms with Crippen LogP contribution in [-0.2, 0) is 0 Å². The van der Waals surface area contributed by atoms with Gasteiger partial charge in [0.15, 0.2) is 11.6 Å². The summed E-state index contributed by atoms with van der Waals surface area (Å²) < 4.78 is 40.0. The average Bonchev–Trinajstić information content (AvgIpc) is 2.32. The van der Waals surface area contributed by atoms with Gasteiger partial charge in [0.05, 0.1) is 0 Å². The Balaban J connectivity index is 2.53. The van der Waals surface area contributed by atoms with Crippen LogP contribution >= 0.6 is 0 Å². The Kier molecular flexibility index (Phi) is 3.01. The molecule has 0 fully saturated rings. The summed E-state index contributed by atoms with van der Waals surface area (Å²) in [5.74, 6) is -2.75. The number of hydrogen-bond acceptors (Lipinski definition) is 1. The van der Waals surface area contributed by atoms with Crippen molar-refractivity contribution in [1.29, 1.82) is 0 Å². The number of benzene rings is 1. The standard InChI is InChI=1S/C12H12F3N/c1-7-11(14)9(6-10(13)12(7)15)8-2-4-16-5-3-8/h2,6,16H,3-5H2,1H3. The van der Waals surface area contributed by atoms with Crippen molar-refractivity contribution >= 4 is 5.57 Å². The van der Waals surface area contributed by atoms with Crippen molar-refractivity contribution in [3.8, 4) is 0 Å². The van der Waals surface area contributed by atoms with Crippen LogP contribution in [0.5, 0.6) is 0 Å². The number of halogens is 3. The summed E-state index contributed by atoms with van der Waals surface area (Å²) in [6.07, 6.45) is 2.43. The Labute approximate surface area is 92.0 Å². The molecule has 0 aliphatic carbocycles. The molecular weight excluding hydrogens is 215 g/mol. The lowest BCUT2D eigenvalue weighted by molar-refractivity contribution is 0.484. The average molecular weight is 227 g/mol. The Morgan fingerprint density at radius 2 is 1.94 bits per heavy atom. The minimum Gasteiger partial charge on any atom is -0.313 e. The summed E-state index contributed by atoms with van der Waals surface area (Å²) >= 11 is 0. The molecule has 1 aliphatic heterocycles. The van der Waals surface area contributed by atoms with Gasteiger partial charge in [-0.05, 0) is 31.5 Å². The van der Waals surface area contributed by atoms with E-state index in [1.165, 1.54) is 6.92 Å². The normalized spacial score (nSPS) is 16.1. The van der Waals surface area contributed by atoms with Crippen LogP contribution in [-0.4, -0.2) is 13.1 Å². The zero-order chi connectivity index (χ0) is 11.7. The van der Waals surface area contributed by atoms with Crippen LogP contribution < -0.4 is 5.32 Å². The predicted octanol–water partition coefficient (Wildman–Crippen LogP) is 2.79. The molecular formula is C12H12F3N. The van der Waals surface area contributed by atoms with Crippen LogP contribution in [0.4, 0.5) is 13.2 Å². The van der Waals surface area contributed by atoms with Gasteiger partial charge in [-0.1, -0.05) is 6.08 Å². The molecule has 1 aromatic rings. The lowest BCUT2D eigenvalue weighted by Gasteiger charge is -2.16. The highest BCUT2D eigenvalue weighted by Crippen LogP contribution is 2.27. The third-order valence-electron chi connectivity index (χ3n) is 2.79. The Bertz CT molecular complexity index is 452. The first-order chi connectivity index (χ1) is 7.61. The SMILES string of the molecule is Cc1c(F)c(F)cc(C2=CCNCC2)c1F. The Morgan fingerprint density at radius 3 is 2.56 bits per heavy atom. The van der Waals surface area contributed by atoms with Crippen LogP contribution in [0.25, 0.3) is 5.57 Å². The maximum atomic E-state index is 13.8. The highest BCUT2D eigenvalue weighted by molar-refractivity contribution is 5.67. The molecule has 86 valence electrons. The van der Waals surface area contributed by atoms with E-state index in [9.17, 15) is 13.2 Å². The lowest BCUT2D eigenvalue weighted by atomic mass is 9.97. The molecule has 0 aromatic heterocycles. The Hall–Kier alpha value is -1.29. The maximum Gasteiger partial charge on any atom is 0.164 e. The van der Waals surface area contributed by atoms with Gasteiger partial charge in [-0.3, -0.25) is 0 Å². The van der Waals surface area contributed by atoms with E-state index >= 15 is 0 Å².